The van der Waals surface area contributed by atoms with Crippen LogP contribution in [0.3, 0.4) is 0 Å². The Hall–Kier alpha value is -5.56. The number of carbonyl (C=O) groups is 8. The first-order valence-corrected chi connectivity index (χ1v) is 11.8. The van der Waals surface area contributed by atoms with Gasteiger partial charge >= 0.3 is 35.8 Å². The van der Waals surface area contributed by atoms with Crippen LogP contribution >= 0.6 is 0 Å². The van der Waals surface area contributed by atoms with E-state index >= 15 is 0 Å². The monoisotopic (exact) mass is 622 g/mol. The lowest BCUT2D eigenvalue weighted by Gasteiger charge is -2.40. The van der Waals surface area contributed by atoms with Gasteiger partial charge in [-0.15, -0.1) is 0 Å². The van der Waals surface area contributed by atoms with Crippen molar-refractivity contribution in [1.82, 2.24) is 0 Å². The second kappa shape index (κ2) is 13.6. The van der Waals surface area contributed by atoms with Gasteiger partial charge in [0.05, 0.1) is 0 Å². The molecule has 2 rings (SSSR count). The highest BCUT2D eigenvalue weighted by Gasteiger charge is 2.73. The Morgan fingerprint density at radius 1 is 0.545 bits per heavy atom. The number of hydrogen-bond acceptors (Lipinski definition) is 12. The number of carboxylic acids is 6. The number of aliphatic carboxylic acids is 6. The van der Waals surface area contributed by atoms with E-state index in [1.165, 1.54) is 12.1 Å². The molecule has 0 saturated carbocycles. The Morgan fingerprint density at radius 2 is 0.955 bits per heavy atom. The molecule has 0 heterocycles. The summed E-state index contributed by atoms with van der Waals surface area (Å²) in [5.74, 6) is -19.6. The van der Waals surface area contributed by atoms with Crippen molar-refractivity contribution in [1.29, 1.82) is 0 Å². The van der Waals surface area contributed by atoms with Gasteiger partial charge in [0.2, 0.25) is 11.6 Å². The van der Waals surface area contributed by atoms with Crippen molar-refractivity contribution < 1.29 is 88.7 Å². The smallest absolute Gasteiger partial charge is 0.348 e. The number of aliphatic hydroxyl groups is 2. The number of carboxylic acid groups (broad SMARTS) is 6. The molecule has 0 amide bonds. The van der Waals surface area contributed by atoms with Crippen LogP contribution in [0.4, 0.5) is 0 Å². The minimum atomic E-state index is -4.59. The van der Waals surface area contributed by atoms with Gasteiger partial charge in [-0.3, -0.25) is 9.59 Å². The Labute approximate surface area is 243 Å². The number of ether oxygens (including phenoxy) is 2. The molecular formula is C26H22O18. The molecule has 6 atom stereocenters. The van der Waals surface area contributed by atoms with Gasteiger partial charge in [-0.05, 0) is 0 Å². The highest BCUT2D eigenvalue weighted by atomic mass is 16.6. The number of benzene rings is 2. The molecule has 2 aromatic carbocycles. The van der Waals surface area contributed by atoms with Crippen molar-refractivity contribution in [3.8, 4) is 0 Å². The van der Waals surface area contributed by atoms with Gasteiger partial charge in [0, 0.05) is 11.1 Å². The minimum Gasteiger partial charge on any atom is -0.479 e. The van der Waals surface area contributed by atoms with Crippen LogP contribution in [0.25, 0.3) is 0 Å². The van der Waals surface area contributed by atoms with Crippen molar-refractivity contribution in [3.63, 3.8) is 0 Å². The van der Waals surface area contributed by atoms with Crippen molar-refractivity contribution >= 4 is 47.4 Å². The third kappa shape index (κ3) is 6.42. The molecule has 234 valence electrons. The first kappa shape index (κ1) is 34.6. The van der Waals surface area contributed by atoms with Crippen LogP contribution in [0.2, 0.25) is 0 Å². The van der Waals surface area contributed by atoms with Gasteiger partial charge in [-0.25, -0.2) is 28.8 Å². The van der Waals surface area contributed by atoms with Crippen LogP contribution in [-0.2, 0) is 38.2 Å². The summed E-state index contributed by atoms with van der Waals surface area (Å²) in [4.78, 5) is 99.8. The molecule has 0 aliphatic carbocycles. The maximum atomic E-state index is 13.8. The van der Waals surface area contributed by atoms with Crippen LogP contribution in [0.15, 0.2) is 60.7 Å². The lowest BCUT2D eigenvalue weighted by molar-refractivity contribution is -0.227. The van der Waals surface area contributed by atoms with Crippen molar-refractivity contribution in [2.24, 2.45) is 0 Å². The molecule has 0 aliphatic rings. The van der Waals surface area contributed by atoms with Crippen molar-refractivity contribution in [2.45, 2.75) is 35.6 Å². The molecule has 0 spiro atoms. The number of rotatable bonds is 17. The van der Waals surface area contributed by atoms with E-state index in [2.05, 4.69) is 4.74 Å². The Balaban J connectivity index is 2.98. The van der Waals surface area contributed by atoms with Gasteiger partial charge in [0.15, 0.2) is 24.4 Å². The SMILES string of the molecule is O=C(O)C(O)C(OC(C(=O)O)C(OC(C(=O)O)(C(=O)c1ccccc1)C(O)(C(=O)O)C(=O)c1ccccc1)C(=O)O)C(=O)O. The van der Waals surface area contributed by atoms with Crippen LogP contribution in [0.1, 0.15) is 20.7 Å². The molecule has 18 nitrogen and oxygen atoms in total. The molecule has 44 heavy (non-hydrogen) atoms. The summed E-state index contributed by atoms with van der Waals surface area (Å²) in [5, 5.41) is 79.2. The maximum Gasteiger partial charge on any atom is 0.348 e. The van der Waals surface area contributed by atoms with E-state index in [1.807, 2.05) is 0 Å². The first-order chi connectivity index (χ1) is 20.4. The highest BCUT2D eigenvalue weighted by Crippen LogP contribution is 2.37. The molecule has 18 heteroatoms. The molecule has 0 fully saturated rings. The topological polar surface area (TPSA) is 317 Å². The first-order valence-electron chi connectivity index (χ1n) is 11.8. The summed E-state index contributed by atoms with van der Waals surface area (Å²) < 4.78 is 9.36. The van der Waals surface area contributed by atoms with Crippen LogP contribution in [-0.4, -0.2) is 124 Å². The molecule has 0 saturated heterocycles. The zero-order chi connectivity index (χ0) is 33.6. The second-order valence-corrected chi connectivity index (χ2v) is 8.71. The lowest BCUT2D eigenvalue weighted by Crippen LogP contribution is -2.74. The fourth-order valence-electron chi connectivity index (χ4n) is 3.85. The maximum absolute atomic E-state index is 13.8. The Kier molecular flexibility index (Phi) is 10.7. The van der Waals surface area contributed by atoms with E-state index in [-0.39, 0.29) is 0 Å². The molecule has 0 aliphatic heterocycles. The molecule has 0 bridgehead atoms. The van der Waals surface area contributed by atoms with Gasteiger partial charge in [0.1, 0.15) is 0 Å². The predicted octanol–water partition coefficient (Wildman–Crippen LogP) is -1.77. The van der Waals surface area contributed by atoms with Gasteiger partial charge in [-0.1, -0.05) is 60.7 Å². The fraction of sp³-hybridized carbons (Fsp3) is 0.231. The van der Waals surface area contributed by atoms with E-state index < -0.39 is 94.1 Å². The molecule has 0 radical (unpaired) electrons. The fourth-order valence-corrected chi connectivity index (χ4v) is 3.85. The number of aliphatic hydroxyl groups excluding tert-OH is 1. The van der Waals surface area contributed by atoms with Gasteiger partial charge in [0.25, 0.3) is 11.2 Å². The largest absolute Gasteiger partial charge is 0.479 e. The van der Waals surface area contributed by atoms with Gasteiger partial charge < -0.3 is 50.3 Å². The summed E-state index contributed by atoms with van der Waals surface area (Å²) in [5.41, 5.74) is -10.7. The molecule has 8 N–H and O–H groups in total. The zero-order valence-corrected chi connectivity index (χ0v) is 21.7. The van der Waals surface area contributed by atoms with Crippen LogP contribution < -0.4 is 0 Å². The number of hydrogen-bond donors (Lipinski definition) is 8. The average Bonchev–Trinajstić information content (AvgIpc) is 2.97. The summed E-state index contributed by atoms with van der Waals surface area (Å²) in [6, 6.07) is 10.5. The molecule has 2 aromatic rings. The standard InChI is InChI=1S/C26H22O18/c27-13(19(30)31)14(20(32)33)43-15(21(34)35)16(22(36)37)44-26(24(40)41,18(29)12-9-5-2-6-10-12)25(42,23(38)39)17(28)11-7-3-1-4-8-11/h1-10,13-16,27,42H,(H,30,31)(H,32,33)(H,34,35)(H,36,37)(H,38,39)(H,40,41). The average molecular weight is 622 g/mol. The van der Waals surface area contributed by atoms with Crippen LogP contribution in [0, 0.1) is 0 Å². The minimum absolute atomic E-state index is 0.749. The van der Waals surface area contributed by atoms with Crippen molar-refractivity contribution in [2.75, 3.05) is 0 Å². The third-order valence-corrected chi connectivity index (χ3v) is 5.98. The quantitative estimate of drug-likeness (QED) is 0.0714. The summed E-state index contributed by atoms with van der Waals surface area (Å²) in [6.45, 7) is 0. The number of ketones is 2. The molecule has 6 unspecified atom stereocenters. The zero-order valence-electron chi connectivity index (χ0n) is 21.7. The van der Waals surface area contributed by atoms with E-state index in [0.717, 1.165) is 48.5 Å². The molecule has 0 aromatic heterocycles. The van der Waals surface area contributed by atoms with Crippen molar-refractivity contribution in [3.05, 3.63) is 71.8 Å². The van der Waals surface area contributed by atoms with Gasteiger partial charge in [-0.2, -0.15) is 0 Å². The Morgan fingerprint density at radius 3 is 1.30 bits per heavy atom. The number of carbonyl (C=O) groups excluding carboxylic acids is 2. The lowest BCUT2D eigenvalue weighted by atomic mass is 9.72. The van der Waals surface area contributed by atoms with Crippen LogP contribution in [0.5, 0.6) is 0 Å². The van der Waals surface area contributed by atoms with E-state index in [1.54, 1.807) is 0 Å². The Bertz CT molecular complexity index is 1470. The predicted molar refractivity (Wildman–Crippen MR) is 135 cm³/mol. The summed E-state index contributed by atoms with van der Waals surface area (Å²) in [6.07, 6.45) is -13.0. The molecular weight excluding hydrogens is 600 g/mol. The summed E-state index contributed by atoms with van der Waals surface area (Å²) >= 11 is 0. The summed E-state index contributed by atoms with van der Waals surface area (Å²) in [7, 11) is 0. The van der Waals surface area contributed by atoms with E-state index in [4.69, 9.17) is 9.84 Å². The third-order valence-electron chi connectivity index (χ3n) is 5.98. The highest BCUT2D eigenvalue weighted by molar-refractivity contribution is 6.28. The van der Waals surface area contributed by atoms with E-state index in [9.17, 15) is 74.1 Å². The van der Waals surface area contributed by atoms with E-state index in [0.29, 0.717) is 0 Å². The second-order valence-electron chi connectivity index (χ2n) is 8.71. The normalized spacial score (nSPS) is 16.5. The number of Topliss-reactive ketones (excluding diaryl/α,β-unsaturated/α-hetero) is 2.